The zero-order valence-corrected chi connectivity index (χ0v) is 7.88. The largest absolute Gasteiger partial charge is 0.316 e. The van der Waals surface area contributed by atoms with Gasteiger partial charge in [0.05, 0.1) is 12.1 Å². The first kappa shape index (κ1) is 9.50. The highest BCUT2D eigenvalue weighted by Crippen LogP contribution is 2.13. The third-order valence-electron chi connectivity index (χ3n) is 2.60. The summed E-state index contributed by atoms with van der Waals surface area (Å²) in [4.78, 5) is 2.27. The molecule has 2 unspecified atom stereocenters. The van der Waals surface area contributed by atoms with Crippen LogP contribution in [0.3, 0.4) is 0 Å². The van der Waals surface area contributed by atoms with Gasteiger partial charge in [-0.1, -0.05) is 6.92 Å². The van der Waals surface area contributed by atoms with Gasteiger partial charge in [-0.2, -0.15) is 5.26 Å². The topological polar surface area (TPSA) is 39.1 Å². The quantitative estimate of drug-likeness (QED) is 0.668. The molecule has 1 heterocycles. The summed E-state index contributed by atoms with van der Waals surface area (Å²) in [5.41, 5.74) is 0. The van der Waals surface area contributed by atoms with E-state index >= 15 is 0 Å². The normalized spacial score (nSPS) is 26.9. The molecule has 3 heteroatoms. The maximum atomic E-state index is 8.83. The maximum Gasteiger partial charge on any atom is 0.0975 e. The van der Waals surface area contributed by atoms with E-state index in [9.17, 15) is 0 Å². The van der Waals surface area contributed by atoms with Crippen LogP contribution in [-0.4, -0.2) is 37.1 Å². The minimum Gasteiger partial charge on any atom is -0.316 e. The third-order valence-corrected chi connectivity index (χ3v) is 2.60. The molecule has 0 bridgehead atoms. The van der Waals surface area contributed by atoms with Gasteiger partial charge in [-0.15, -0.1) is 0 Å². The number of hydrogen-bond acceptors (Lipinski definition) is 3. The zero-order valence-electron chi connectivity index (χ0n) is 7.88. The summed E-state index contributed by atoms with van der Waals surface area (Å²) >= 11 is 0. The molecular formula is C9H17N3. The SMILES string of the molecule is CCC(C#N)N1CCC(NC)C1. The fraction of sp³-hybridized carbons (Fsp3) is 0.889. The van der Waals surface area contributed by atoms with Crippen molar-refractivity contribution in [1.29, 1.82) is 5.26 Å². The second-order valence-corrected chi connectivity index (χ2v) is 3.32. The second-order valence-electron chi connectivity index (χ2n) is 3.32. The molecule has 0 aromatic heterocycles. The molecule has 1 saturated heterocycles. The Bertz CT molecular complexity index is 173. The monoisotopic (exact) mass is 167 g/mol. The van der Waals surface area contributed by atoms with Crippen molar-refractivity contribution in [3.05, 3.63) is 0 Å². The first-order valence-corrected chi connectivity index (χ1v) is 4.62. The van der Waals surface area contributed by atoms with Gasteiger partial charge in [0.25, 0.3) is 0 Å². The first-order valence-electron chi connectivity index (χ1n) is 4.62. The summed E-state index contributed by atoms with van der Waals surface area (Å²) in [5.74, 6) is 0. The van der Waals surface area contributed by atoms with Crippen LogP contribution in [0, 0.1) is 11.3 Å². The molecule has 0 aromatic rings. The van der Waals surface area contributed by atoms with Crippen molar-refractivity contribution >= 4 is 0 Å². The number of rotatable bonds is 3. The lowest BCUT2D eigenvalue weighted by molar-refractivity contribution is 0.277. The van der Waals surface area contributed by atoms with Gasteiger partial charge in [0.1, 0.15) is 0 Å². The lowest BCUT2D eigenvalue weighted by Gasteiger charge is -2.20. The Kier molecular flexibility index (Phi) is 3.51. The van der Waals surface area contributed by atoms with Crippen molar-refractivity contribution in [1.82, 2.24) is 10.2 Å². The van der Waals surface area contributed by atoms with Crippen molar-refractivity contribution in [2.24, 2.45) is 0 Å². The predicted octanol–water partition coefficient (Wildman–Crippen LogP) is 0.582. The average molecular weight is 167 g/mol. The molecule has 68 valence electrons. The molecule has 0 aliphatic carbocycles. The maximum absolute atomic E-state index is 8.83. The zero-order chi connectivity index (χ0) is 8.97. The Morgan fingerprint density at radius 2 is 2.50 bits per heavy atom. The summed E-state index contributed by atoms with van der Waals surface area (Å²) in [6.07, 6.45) is 2.11. The van der Waals surface area contributed by atoms with Crippen LogP contribution >= 0.6 is 0 Å². The molecule has 0 radical (unpaired) electrons. The van der Waals surface area contributed by atoms with Gasteiger partial charge in [-0.05, 0) is 19.9 Å². The van der Waals surface area contributed by atoms with E-state index in [1.54, 1.807) is 0 Å². The minimum absolute atomic E-state index is 0.128. The number of hydrogen-bond donors (Lipinski definition) is 1. The van der Waals surface area contributed by atoms with Crippen LogP contribution in [0.5, 0.6) is 0 Å². The molecule has 1 aliphatic rings. The molecular weight excluding hydrogens is 150 g/mol. The number of nitrogens with zero attached hydrogens (tertiary/aromatic N) is 2. The van der Waals surface area contributed by atoms with E-state index in [4.69, 9.17) is 5.26 Å². The standard InChI is InChI=1S/C9H17N3/c1-3-9(6-10)12-5-4-8(7-12)11-2/h8-9,11H,3-5,7H2,1-2H3. The third kappa shape index (κ3) is 1.96. The van der Waals surface area contributed by atoms with Crippen molar-refractivity contribution in [2.75, 3.05) is 20.1 Å². The van der Waals surface area contributed by atoms with Crippen LogP contribution < -0.4 is 5.32 Å². The molecule has 0 saturated carbocycles. The smallest absolute Gasteiger partial charge is 0.0975 e. The highest BCUT2D eigenvalue weighted by atomic mass is 15.2. The highest BCUT2D eigenvalue weighted by molar-refractivity contribution is 4.95. The summed E-state index contributed by atoms with van der Waals surface area (Å²) in [7, 11) is 1.99. The number of nitrogens with one attached hydrogen (secondary N) is 1. The van der Waals surface area contributed by atoms with Gasteiger partial charge >= 0.3 is 0 Å². The van der Waals surface area contributed by atoms with E-state index in [1.165, 1.54) is 6.42 Å². The Balaban J connectivity index is 2.40. The molecule has 12 heavy (non-hydrogen) atoms. The predicted molar refractivity (Wildman–Crippen MR) is 48.7 cm³/mol. The van der Waals surface area contributed by atoms with Gasteiger partial charge in [0.15, 0.2) is 0 Å². The van der Waals surface area contributed by atoms with Crippen LogP contribution in [0.15, 0.2) is 0 Å². The fourth-order valence-electron chi connectivity index (χ4n) is 1.74. The van der Waals surface area contributed by atoms with Gasteiger partial charge in [-0.25, -0.2) is 0 Å². The van der Waals surface area contributed by atoms with Crippen LogP contribution in [0.1, 0.15) is 19.8 Å². The second kappa shape index (κ2) is 4.44. The van der Waals surface area contributed by atoms with Crippen LogP contribution in [0.25, 0.3) is 0 Å². The first-order chi connectivity index (χ1) is 5.81. The van der Waals surface area contributed by atoms with Gasteiger partial charge in [0.2, 0.25) is 0 Å². The summed E-state index contributed by atoms with van der Waals surface area (Å²) in [5, 5.41) is 12.1. The molecule has 1 N–H and O–H groups in total. The van der Waals surface area contributed by atoms with Crippen LogP contribution in [0.2, 0.25) is 0 Å². The molecule has 1 aliphatic heterocycles. The van der Waals surface area contributed by atoms with Gasteiger partial charge in [0, 0.05) is 19.1 Å². The molecule has 0 aromatic carbocycles. The molecule has 0 amide bonds. The van der Waals surface area contributed by atoms with Crippen LogP contribution in [0.4, 0.5) is 0 Å². The Labute approximate surface area is 74.4 Å². The lowest BCUT2D eigenvalue weighted by atomic mass is 10.2. The molecule has 0 spiro atoms. The van der Waals surface area contributed by atoms with Crippen LogP contribution in [-0.2, 0) is 0 Å². The van der Waals surface area contributed by atoms with Gasteiger partial charge < -0.3 is 5.32 Å². The van der Waals surface area contributed by atoms with E-state index in [2.05, 4.69) is 23.2 Å². The summed E-state index contributed by atoms with van der Waals surface area (Å²) in [6.45, 7) is 4.17. The molecule has 1 fully saturated rings. The summed E-state index contributed by atoms with van der Waals surface area (Å²) < 4.78 is 0. The fourth-order valence-corrected chi connectivity index (χ4v) is 1.74. The van der Waals surface area contributed by atoms with E-state index in [0.29, 0.717) is 6.04 Å². The molecule has 2 atom stereocenters. The van der Waals surface area contributed by atoms with Crippen molar-refractivity contribution in [2.45, 2.75) is 31.8 Å². The van der Waals surface area contributed by atoms with E-state index in [1.807, 2.05) is 7.05 Å². The van der Waals surface area contributed by atoms with E-state index in [0.717, 1.165) is 19.5 Å². The molecule has 1 rings (SSSR count). The Morgan fingerprint density at radius 3 is 2.92 bits per heavy atom. The minimum atomic E-state index is 0.128. The summed E-state index contributed by atoms with van der Waals surface area (Å²) in [6, 6.07) is 3.05. The number of likely N-dealkylation sites (tertiary alicyclic amines) is 1. The number of nitriles is 1. The van der Waals surface area contributed by atoms with Gasteiger partial charge in [-0.3, -0.25) is 4.90 Å². The Morgan fingerprint density at radius 1 is 1.75 bits per heavy atom. The average Bonchev–Trinajstić information content (AvgIpc) is 2.55. The van der Waals surface area contributed by atoms with Crippen molar-refractivity contribution < 1.29 is 0 Å². The Hall–Kier alpha value is -0.590. The number of likely N-dealkylation sites (N-methyl/N-ethyl adjacent to an activating group) is 1. The lowest BCUT2D eigenvalue weighted by Crippen LogP contribution is -2.35. The van der Waals surface area contributed by atoms with Crippen molar-refractivity contribution in [3.8, 4) is 6.07 Å². The van der Waals surface area contributed by atoms with Crippen molar-refractivity contribution in [3.63, 3.8) is 0 Å². The van der Waals surface area contributed by atoms with E-state index < -0.39 is 0 Å². The highest BCUT2D eigenvalue weighted by Gasteiger charge is 2.25. The molecule has 3 nitrogen and oxygen atoms in total. The van der Waals surface area contributed by atoms with E-state index in [-0.39, 0.29) is 6.04 Å².